The van der Waals surface area contributed by atoms with Crippen LogP contribution >= 0.6 is 0 Å². The van der Waals surface area contributed by atoms with E-state index in [1.807, 2.05) is 24.3 Å². The van der Waals surface area contributed by atoms with Gasteiger partial charge in [-0.1, -0.05) is 146 Å². The molecule has 0 aliphatic rings. The molecule has 0 saturated carbocycles. The molecule has 0 N–H and O–H groups in total. The fraction of sp³-hybridized carbons (Fsp3) is 0. The Hall–Kier alpha value is -6.85. The van der Waals surface area contributed by atoms with Gasteiger partial charge in [-0.05, 0) is 40.5 Å². The molecule has 5 heteroatoms. The predicted molar refractivity (Wildman–Crippen MR) is 203 cm³/mol. The first kappa shape index (κ1) is 28.2. The molecule has 0 fully saturated rings. The second-order valence-corrected chi connectivity index (χ2v) is 12.5. The number of nitrogens with zero attached hydrogens (tertiary/aromatic N) is 4. The van der Waals surface area contributed by atoms with Crippen molar-refractivity contribution in [2.24, 2.45) is 0 Å². The number of rotatable bonds is 5. The van der Waals surface area contributed by atoms with Gasteiger partial charge in [0.05, 0.1) is 11.0 Å². The van der Waals surface area contributed by atoms with Crippen LogP contribution in [0.25, 0.3) is 94.7 Å². The molecule has 0 amide bonds. The van der Waals surface area contributed by atoms with Gasteiger partial charge in [0.1, 0.15) is 11.2 Å². The van der Waals surface area contributed by atoms with E-state index in [4.69, 9.17) is 19.4 Å². The average Bonchev–Trinajstić information content (AvgIpc) is 3.72. The number of hydrogen-bond acceptors (Lipinski definition) is 4. The highest BCUT2D eigenvalue weighted by molar-refractivity contribution is 6.17. The fourth-order valence-electron chi connectivity index (χ4n) is 7.01. The summed E-state index contributed by atoms with van der Waals surface area (Å²) in [5.74, 6) is 1.76. The SMILES string of the molecule is c1ccc(-c2ccc(-c3nc(-c4ccc(-c5ccccc5)cc4)nc(-n4c5ccccc5c5cc6c(cc54)oc4ccccc46)n3)cc2)cc1. The summed E-state index contributed by atoms with van der Waals surface area (Å²) in [5, 5.41) is 4.43. The van der Waals surface area contributed by atoms with Crippen LogP contribution in [0.3, 0.4) is 0 Å². The summed E-state index contributed by atoms with van der Waals surface area (Å²) < 4.78 is 8.50. The lowest BCUT2D eigenvalue weighted by atomic mass is 10.0. The van der Waals surface area contributed by atoms with Gasteiger partial charge in [0.15, 0.2) is 11.6 Å². The smallest absolute Gasteiger partial charge is 0.238 e. The number of para-hydroxylation sites is 2. The molecule has 0 aliphatic heterocycles. The van der Waals surface area contributed by atoms with Crippen LogP contribution < -0.4 is 0 Å². The summed E-state index contributed by atoms with van der Waals surface area (Å²) in [6, 6.07) is 58.6. The molecule has 0 atom stereocenters. The van der Waals surface area contributed by atoms with Crippen molar-refractivity contribution in [1.29, 1.82) is 0 Å². The second-order valence-electron chi connectivity index (χ2n) is 12.5. The molecule has 0 unspecified atom stereocenters. The van der Waals surface area contributed by atoms with Gasteiger partial charge in [0.25, 0.3) is 0 Å². The van der Waals surface area contributed by atoms with E-state index in [1.54, 1.807) is 0 Å². The quantitative estimate of drug-likeness (QED) is 0.188. The summed E-state index contributed by atoms with van der Waals surface area (Å²) in [7, 11) is 0. The summed E-state index contributed by atoms with van der Waals surface area (Å²) in [5.41, 5.74) is 10.1. The van der Waals surface area contributed by atoms with Crippen LogP contribution in [0.1, 0.15) is 0 Å². The van der Waals surface area contributed by atoms with Crippen LogP contribution in [-0.4, -0.2) is 19.5 Å². The minimum Gasteiger partial charge on any atom is -0.456 e. The van der Waals surface area contributed by atoms with E-state index in [0.717, 1.165) is 77.1 Å². The van der Waals surface area contributed by atoms with Gasteiger partial charge in [-0.2, -0.15) is 9.97 Å². The molecular formula is C45H28N4O. The zero-order valence-corrected chi connectivity index (χ0v) is 26.9. The molecule has 0 radical (unpaired) electrons. The summed E-state index contributed by atoms with van der Waals surface area (Å²) >= 11 is 0. The van der Waals surface area contributed by atoms with Gasteiger partial charge < -0.3 is 4.42 Å². The lowest BCUT2D eigenvalue weighted by molar-refractivity contribution is 0.669. The molecule has 0 spiro atoms. The fourth-order valence-corrected chi connectivity index (χ4v) is 7.01. The highest BCUT2D eigenvalue weighted by atomic mass is 16.3. The van der Waals surface area contributed by atoms with Crippen molar-refractivity contribution in [2.75, 3.05) is 0 Å². The van der Waals surface area contributed by atoms with E-state index < -0.39 is 0 Å². The number of benzene rings is 7. The third-order valence-corrected chi connectivity index (χ3v) is 9.50. The molecule has 10 rings (SSSR count). The highest BCUT2D eigenvalue weighted by Gasteiger charge is 2.20. The summed E-state index contributed by atoms with van der Waals surface area (Å²) in [6.07, 6.45) is 0. The molecule has 0 bridgehead atoms. The zero-order valence-electron chi connectivity index (χ0n) is 26.9. The van der Waals surface area contributed by atoms with Crippen molar-refractivity contribution in [2.45, 2.75) is 0 Å². The first-order valence-electron chi connectivity index (χ1n) is 16.7. The Morgan fingerprint density at radius 2 is 0.840 bits per heavy atom. The molecule has 0 saturated heterocycles. The molecule has 234 valence electrons. The Balaban J connectivity index is 1.19. The van der Waals surface area contributed by atoms with E-state index >= 15 is 0 Å². The van der Waals surface area contributed by atoms with Crippen LogP contribution in [0.5, 0.6) is 0 Å². The monoisotopic (exact) mass is 640 g/mol. The van der Waals surface area contributed by atoms with Gasteiger partial charge in [0, 0.05) is 38.7 Å². The number of hydrogen-bond donors (Lipinski definition) is 0. The summed E-state index contributed by atoms with van der Waals surface area (Å²) in [4.78, 5) is 15.4. The first-order chi connectivity index (χ1) is 24.8. The zero-order chi connectivity index (χ0) is 33.0. The molecule has 3 heterocycles. The Labute approximate surface area is 287 Å². The molecule has 7 aromatic carbocycles. The highest BCUT2D eigenvalue weighted by Crippen LogP contribution is 2.38. The third kappa shape index (κ3) is 4.67. The molecule has 5 nitrogen and oxygen atoms in total. The second kappa shape index (κ2) is 11.4. The Kier molecular flexibility index (Phi) is 6.42. The van der Waals surface area contributed by atoms with E-state index in [0.29, 0.717) is 17.6 Å². The lowest BCUT2D eigenvalue weighted by Gasteiger charge is -2.11. The standard InChI is InChI=1S/C45H28N4O/c1-3-11-29(12-4-1)31-19-23-33(24-20-31)43-46-44(34-25-21-32(22-26-34)30-13-5-2-6-14-30)48-45(47-43)49-39-17-9-7-15-35(39)37-27-38-36-16-8-10-18-41(36)50-42(38)28-40(37)49/h1-28H. The van der Waals surface area contributed by atoms with Crippen LogP contribution in [0.15, 0.2) is 174 Å². The Morgan fingerprint density at radius 3 is 1.46 bits per heavy atom. The Bertz CT molecular complexity index is 2740. The molecule has 50 heavy (non-hydrogen) atoms. The van der Waals surface area contributed by atoms with Gasteiger partial charge in [-0.15, -0.1) is 0 Å². The van der Waals surface area contributed by atoms with Crippen molar-refractivity contribution >= 4 is 43.7 Å². The largest absolute Gasteiger partial charge is 0.456 e. The lowest BCUT2D eigenvalue weighted by Crippen LogP contribution is -2.06. The maximum atomic E-state index is 6.36. The van der Waals surface area contributed by atoms with Crippen molar-refractivity contribution in [3.05, 3.63) is 170 Å². The van der Waals surface area contributed by atoms with Crippen LogP contribution in [0, 0.1) is 0 Å². The maximum absolute atomic E-state index is 6.36. The predicted octanol–water partition coefficient (Wildman–Crippen LogP) is 11.5. The molecule has 10 aromatic rings. The first-order valence-corrected chi connectivity index (χ1v) is 16.7. The van der Waals surface area contributed by atoms with Crippen LogP contribution in [-0.2, 0) is 0 Å². The Morgan fingerprint density at radius 1 is 0.340 bits per heavy atom. The van der Waals surface area contributed by atoms with Gasteiger partial charge in [-0.3, -0.25) is 4.57 Å². The summed E-state index contributed by atoms with van der Waals surface area (Å²) in [6.45, 7) is 0. The number of furan rings is 1. The van der Waals surface area contributed by atoms with E-state index in [2.05, 4.69) is 150 Å². The average molecular weight is 641 g/mol. The maximum Gasteiger partial charge on any atom is 0.238 e. The number of fused-ring (bicyclic) bond motifs is 6. The minimum atomic E-state index is 0.547. The topological polar surface area (TPSA) is 56.7 Å². The van der Waals surface area contributed by atoms with Crippen LogP contribution in [0.2, 0.25) is 0 Å². The third-order valence-electron chi connectivity index (χ3n) is 9.50. The van der Waals surface area contributed by atoms with Gasteiger partial charge in [0.2, 0.25) is 5.95 Å². The van der Waals surface area contributed by atoms with E-state index in [-0.39, 0.29) is 0 Å². The number of aromatic nitrogens is 4. The van der Waals surface area contributed by atoms with Crippen molar-refractivity contribution in [1.82, 2.24) is 19.5 Å². The van der Waals surface area contributed by atoms with Gasteiger partial charge in [-0.25, -0.2) is 4.98 Å². The van der Waals surface area contributed by atoms with Crippen molar-refractivity contribution in [3.8, 4) is 51.0 Å². The van der Waals surface area contributed by atoms with Crippen molar-refractivity contribution < 1.29 is 4.42 Å². The molecule has 3 aromatic heterocycles. The van der Waals surface area contributed by atoms with Crippen molar-refractivity contribution in [3.63, 3.8) is 0 Å². The van der Waals surface area contributed by atoms with Crippen LogP contribution in [0.4, 0.5) is 0 Å². The van der Waals surface area contributed by atoms with Gasteiger partial charge >= 0.3 is 0 Å². The normalized spacial score (nSPS) is 11.6. The van der Waals surface area contributed by atoms with E-state index in [1.165, 1.54) is 0 Å². The molecular weight excluding hydrogens is 613 g/mol. The minimum absolute atomic E-state index is 0.547. The molecule has 0 aliphatic carbocycles. The van der Waals surface area contributed by atoms with E-state index in [9.17, 15) is 0 Å².